The Balaban J connectivity index is 3.43. The summed E-state index contributed by atoms with van der Waals surface area (Å²) in [5.74, 6) is -2.36. The molecule has 0 radical (unpaired) electrons. The fraction of sp³-hybridized carbons (Fsp3) is 0.800. The van der Waals surface area contributed by atoms with Crippen LogP contribution >= 0.6 is 11.2 Å². The van der Waals surface area contributed by atoms with Crippen molar-refractivity contribution in [3.05, 3.63) is 0 Å². The molecule has 1 heterocycles. The number of carbonyl (C=O) groups excluding carboxylic acids is 4. The predicted octanol–water partition coefficient (Wildman–Crippen LogP) is 2.81. The van der Waals surface area contributed by atoms with Crippen molar-refractivity contribution in [2.75, 3.05) is 6.61 Å². The van der Waals surface area contributed by atoms with Gasteiger partial charge in [0.05, 0.1) is 0 Å². The van der Waals surface area contributed by atoms with Crippen LogP contribution in [0.2, 0.25) is 18.1 Å². The van der Waals surface area contributed by atoms with Crippen molar-refractivity contribution < 1.29 is 42.9 Å². The fourth-order valence-electron chi connectivity index (χ4n) is 3.53. The van der Waals surface area contributed by atoms with Crippen LogP contribution in [0.25, 0.3) is 0 Å². The number of carbonyl (C=O) groups is 4. The molecule has 1 rings (SSSR count). The Bertz CT molecular complexity index is 644. The topological polar surface area (TPSA) is 114 Å². The van der Waals surface area contributed by atoms with Crippen molar-refractivity contribution >= 4 is 42.3 Å². The first-order valence-electron chi connectivity index (χ1n) is 10.5. The van der Waals surface area contributed by atoms with Crippen LogP contribution in [-0.2, 0) is 42.9 Å². The molecule has 1 aliphatic rings. The average molecular weight is 479 g/mol. The second kappa shape index (κ2) is 12.4. The molecule has 0 amide bonds. The summed E-state index contributed by atoms with van der Waals surface area (Å²) in [6.07, 6.45) is -4.09. The molecule has 0 aromatic rings. The summed E-state index contributed by atoms with van der Waals surface area (Å²) < 4.78 is 27.8. The van der Waals surface area contributed by atoms with Crippen LogP contribution in [0.1, 0.15) is 48.5 Å². The van der Waals surface area contributed by atoms with Crippen molar-refractivity contribution in [1.82, 2.24) is 0 Å². The van der Waals surface area contributed by atoms with Gasteiger partial charge in [-0.15, -0.1) is 0 Å². The minimum absolute atomic E-state index is 0.201. The standard InChI is InChI=1S/C20H34O9SSi/c1-8-31(9-2,10-3)30-20-19(28-15(7)24)18(27-14(6)23)17(26-13(5)22)16(29-20)11-25-12(4)21/h16-20H,8-11H2,1-7H3/t16-,17+,18+,19-,20+/m1/s1. The molecule has 0 aromatic carbocycles. The van der Waals surface area contributed by atoms with E-state index in [0.717, 1.165) is 18.1 Å². The van der Waals surface area contributed by atoms with E-state index in [-0.39, 0.29) is 6.61 Å². The van der Waals surface area contributed by atoms with E-state index in [1.54, 1.807) is 11.2 Å². The number of esters is 4. The molecule has 0 unspecified atom stereocenters. The van der Waals surface area contributed by atoms with Gasteiger partial charge < -0.3 is 23.7 Å². The average Bonchev–Trinajstić information content (AvgIpc) is 2.68. The first kappa shape index (κ1) is 27.4. The van der Waals surface area contributed by atoms with Gasteiger partial charge >= 0.3 is 23.9 Å². The third-order valence-corrected chi connectivity index (χ3v) is 15.0. The van der Waals surface area contributed by atoms with Gasteiger partial charge in [0, 0.05) is 27.7 Å². The molecule has 0 aliphatic carbocycles. The summed E-state index contributed by atoms with van der Waals surface area (Å²) >= 11 is 1.62. The van der Waals surface area contributed by atoms with E-state index in [1.807, 2.05) is 0 Å². The summed E-state index contributed by atoms with van der Waals surface area (Å²) in [7, 11) is -1.85. The molecule has 1 fully saturated rings. The molecule has 31 heavy (non-hydrogen) atoms. The van der Waals surface area contributed by atoms with Gasteiger partial charge in [0.15, 0.2) is 18.3 Å². The third-order valence-electron chi connectivity index (χ3n) is 5.25. The molecule has 0 saturated carbocycles. The Hall–Kier alpha value is -1.59. The molecular weight excluding hydrogens is 444 g/mol. The van der Waals surface area contributed by atoms with Crippen LogP contribution in [-0.4, -0.2) is 67.6 Å². The summed E-state index contributed by atoms with van der Waals surface area (Å²) in [6.45, 7) is 11.1. The highest BCUT2D eigenvalue weighted by molar-refractivity contribution is 8.29. The smallest absolute Gasteiger partial charge is 0.303 e. The summed E-state index contributed by atoms with van der Waals surface area (Å²) in [5.41, 5.74) is -0.674. The quantitative estimate of drug-likeness (QED) is 0.264. The van der Waals surface area contributed by atoms with Crippen molar-refractivity contribution in [1.29, 1.82) is 0 Å². The first-order chi connectivity index (χ1) is 14.5. The first-order valence-corrected chi connectivity index (χ1v) is 14.7. The van der Waals surface area contributed by atoms with E-state index in [4.69, 9.17) is 23.7 Å². The molecule has 11 heteroatoms. The molecule has 1 saturated heterocycles. The van der Waals surface area contributed by atoms with Gasteiger partial charge in [0.25, 0.3) is 0 Å². The second-order valence-electron chi connectivity index (χ2n) is 7.43. The van der Waals surface area contributed by atoms with E-state index in [0.29, 0.717) is 0 Å². The fourth-order valence-corrected chi connectivity index (χ4v) is 10.1. The van der Waals surface area contributed by atoms with Crippen molar-refractivity contribution in [2.45, 2.75) is 96.5 Å². The van der Waals surface area contributed by atoms with Crippen LogP contribution < -0.4 is 0 Å². The Morgan fingerprint density at radius 1 is 0.742 bits per heavy atom. The maximum atomic E-state index is 11.9. The highest BCUT2D eigenvalue weighted by atomic mass is 32.4. The van der Waals surface area contributed by atoms with Gasteiger partial charge in [-0.05, 0) is 0 Å². The van der Waals surface area contributed by atoms with E-state index in [1.165, 1.54) is 27.7 Å². The summed E-state index contributed by atoms with van der Waals surface area (Å²) in [4.78, 5) is 46.9. The maximum absolute atomic E-state index is 11.9. The zero-order chi connectivity index (χ0) is 23.8. The lowest BCUT2D eigenvalue weighted by molar-refractivity contribution is -0.237. The number of hydrogen-bond donors (Lipinski definition) is 0. The molecule has 0 aromatic heterocycles. The lowest BCUT2D eigenvalue weighted by atomic mass is 9.99. The van der Waals surface area contributed by atoms with Gasteiger partial charge in [-0.1, -0.05) is 38.9 Å². The van der Waals surface area contributed by atoms with E-state index < -0.39 is 61.0 Å². The lowest BCUT2D eigenvalue weighted by Crippen LogP contribution is -2.62. The monoisotopic (exact) mass is 478 g/mol. The van der Waals surface area contributed by atoms with Gasteiger partial charge in [0.2, 0.25) is 0 Å². The Morgan fingerprint density at radius 3 is 1.61 bits per heavy atom. The molecule has 178 valence electrons. The van der Waals surface area contributed by atoms with E-state index in [2.05, 4.69) is 20.8 Å². The van der Waals surface area contributed by atoms with Crippen molar-refractivity contribution in [2.24, 2.45) is 0 Å². The molecule has 5 atom stereocenters. The van der Waals surface area contributed by atoms with Crippen LogP contribution in [0, 0.1) is 0 Å². The van der Waals surface area contributed by atoms with Crippen LogP contribution in [0.15, 0.2) is 0 Å². The predicted molar refractivity (Wildman–Crippen MR) is 117 cm³/mol. The summed E-state index contributed by atoms with van der Waals surface area (Å²) in [5, 5.41) is 0. The molecule has 0 N–H and O–H groups in total. The number of hydrogen-bond acceptors (Lipinski definition) is 10. The van der Waals surface area contributed by atoms with Gasteiger partial charge in [-0.2, -0.15) is 11.2 Å². The van der Waals surface area contributed by atoms with Crippen molar-refractivity contribution in [3.8, 4) is 0 Å². The zero-order valence-corrected chi connectivity index (χ0v) is 21.1. The lowest BCUT2D eigenvalue weighted by Gasteiger charge is -2.46. The molecule has 0 bridgehead atoms. The highest BCUT2D eigenvalue weighted by Crippen LogP contribution is 2.42. The Kier molecular flexibility index (Phi) is 11.0. The van der Waals surface area contributed by atoms with Gasteiger partial charge in [0.1, 0.15) is 25.4 Å². The SMILES string of the molecule is CC[Si](CC)(CC)S[C@@H]1O[C@H](COC(C)=O)[C@H](OC(C)=O)[C@H](OC(C)=O)[C@H]1OC(C)=O. The molecular formula is C20H34O9SSi. The third kappa shape index (κ3) is 8.11. The second-order valence-corrected chi connectivity index (χ2v) is 15.9. The minimum atomic E-state index is -1.85. The molecule has 0 spiro atoms. The van der Waals surface area contributed by atoms with Crippen LogP contribution in [0.4, 0.5) is 0 Å². The molecule has 9 nitrogen and oxygen atoms in total. The normalized spacial score (nSPS) is 26.0. The largest absolute Gasteiger partial charge is 0.463 e. The molecule has 1 aliphatic heterocycles. The number of ether oxygens (including phenoxy) is 5. The van der Waals surface area contributed by atoms with Crippen molar-refractivity contribution in [3.63, 3.8) is 0 Å². The van der Waals surface area contributed by atoms with Crippen LogP contribution in [0.3, 0.4) is 0 Å². The zero-order valence-electron chi connectivity index (χ0n) is 19.3. The van der Waals surface area contributed by atoms with Gasteiger partial charge in [-0.25, -0.2) is 0 Å². The Labute approximate surface area is 188 Å². The minimum Gasteiger partial charge on any atom is -0.463 e. The van der Waals surface area contributed by atoms with E-state index in [9.17, 15) is 19.2 Å². The maximum Gasteiger partial charge on any atom is 0.303 e. The Morgan fingerprint density at radius 2 is 1.19 bits per heavy atom. The summed E-state index contributed by atoms with van der Waals surface area (Å²) in [6, 6.07) is 2.91. The van der Waals surface area contributed by atoms with Gasteiger partial charge in [-0.3, -0.25) is 19.2 Å². The number of rotatable bonds is 10. The van der Waals surface area contributed by atoms with E-state index >= 15 is 0 Å². The van der Waals surface area contributed by atoms with Crippen LogP contribution in [0.5, 0.6) is 0 Å². The highest BCUT2D eigenvalue weighted by Gasteiger charge is 2.53.